The smallest absolute Gasteiger partial charge is 0.229 e. The van der Waals surface area contributed by atoms with Gasteiger partial charge in [0.25, 0.3) is 0 Å². The summed E-state index contributed by atoms with van der Waals surface area (Å²) in [5.41, 5.74) is 0. The Labute approximate surface area is 162 Å². The summed E-state index contributed by atoms with van der Waals surface area (Å²) in [7, 11) is 0. The van der Waals surface area contributed by atoms with Gasteiger partial charge in [-0.25, -0.2) is 0 Å². The zero-order valence-electron chi connectivity index (χ0n) is 15.5. The van der Waals surface area contributed by atoms with Gasteiger partial charge < -0.3 is 15.0 Å². The highest BCUT2D eigenvalue weighted by Gasteiger charge is 2.57. The van der Waals surface area contributed by atoms with Crippen molar-refractivity contribution in [1.29, 1.82) is 0 Å². The highest BCUT2D eigenvalue weighted by atomic mass is 32.1. The number of rotatable bonds is 5. The normalized spacial score (nSPS) is 34.7. The molecule has 1 N–H and O–H groups in total. The molecule has 4 saturated heterocycles. The fourth-order valence-electron chi connectivity index (χ4n) is 5.47. The highest BCUT2D eigenvalue weighted by Crippen LogP contribution is 2.48. The van der Waals surface area contributed by atoms with Crippen LogP contribution in [0.5, 0.6) is 0 Å². The van der Waals surface area contributed by atoms with Gasteiger partial charge in [-0.05, 0) is 31.6 Å². The molecule has 9 heteroatoms. The van der Waals surface area contributed by atoms with Gasteiger partial charge in [0.2, 0.25) is 16.9 Å². The van der Waals surface area contributed by atoms with E-state index in [9.17, 15) is 9.59 Å². The fraction of sp³-hybridized carbons (Fsp3) is 0.778. The Kier molecular flexibility index (Phi) is 4.40. The summed E-state index contributed by atoms with van der Waals surface area (Å²) in [6.07, 6.45) is 2.50. The Balaban J connectivity index is 1.28. The molecule has 146 valence electrons. The minimum absolute atomic E-state index is 0.0270. The SMILES string of the molecule is CCOCc1nnc(N2CC(C(=O)N3[C@@H]4CC[C@H]3[C@H]3CNC[C@H]34)CC2=O)s1. The summed E-state index contributed by atoms with van der Waals surface area (Å²) >= 11 is 1.37. The van der Waals surface area contributed by atoms with E-state index in [-0.39, 0.29) is 24.2 Å². The van der Waals surface area contributed by atoms with Gasteiger partial charge >= 0.3 is 0 Å². The number of nitrogens with zero attached hydrogens (tertiary/aromatic N) is 4. The van der Waals surface area contributed by atoms with Crippen LogP contribution in [0.2, 0.25) is 0 Å². The second-order valence-electron chi connectivity index (χ2n) is 7.96. The van der Waals surface area contributed by atoms with Crippen LogP contribution in [0, 0.1) is 17.8 Å². The lowest BCUT2D eigenvalue weighted by molar-refractivity contribution is -0.137. The van der Waals surface area contributed by atoms with Crippen molar-refractivity contribution in [3.63, 3.8) is 0 Å². The summed E-state index contributed by atoms with van der Waals surface area (Å²) in [5, 5.41) is 13.1. The monoisotopic (exact) mass is 391 g/mol. The number of anilines is 1. The third-order valence-electron chi connectivity index (χ3n) is 6.62. The van der Waals surface area contributed by atoms with E-state index in [2.05, 4.69) is 20.4 Å². The number of nitrogens with one attached hydrogen (secondary N) is 1. The third kappa shape index (κ3) is 2.78. The molecule has 27 heavy (non-hydrogen) atoms. The Morgan fingerprint density at radius 1 is 1.26 bits per heavy atom. The van der Waals surface area contributed by atoms with Crippen LogP contribution in [-0.2, 0) is 20.9 Å². The molecule has 4 fully saturated rings. The van der Waals surface area contributed by atoms with Crippen molar-refractivity contribution >= 4 is 28.3 Å². The first-order valence-electron chi connectivity index (χ1n) is 9.90. The maximum atomic E-state index is 13.3. The topological polar surface area (TPSA) is 87.7 Å². The fourth-order valence-corrected chi connectivity index (χ4v) is 6.27. The molecule has 1 aromatic rings. The average molecular weight is 391 g/mol. The number of hydrogen-bond acceptors (Lipinski definition) is 7. The predicted molar refractivity (Wildman–Crippen MR) is 99.2 cm³/mol. The van der Waals surface area contributed by atoms with Crippen LogP contribution < -0.4 is 10.2 Å². The maximum Gasteiger partial charge on any atom is 0.229 e. The van der Waals surface area contributed by atoms with Gasteiger partial charge in [-0.2, -0.15) is 0 Å². The van der Waals surface area contributed by atoms with Crippen molar-refractivity contribution in [2.24, 2.45) is 17.8 Å². The van der Waals surface area contributed by atoms with E-state index in [1.807, 2.05) is 6.92 Å². The minimum Gasteiger partial charge on any atom is -0.374 e. The van der Waals surface area contributed by atoms with Crippen LogP contribution in [0.3, 0.4) is 0 Å². The van der Waals surface area contributed by atoms with Crippen LogP contribution in [0.4, 0.5) is 5.13 Å². The van der Waals surface area contributed by atoms with Crippen LogP contribution >= 0.6 is 11.3 Å². The number of carbonyl (C=O) groups is 2. The molecule has 1 aromatic heterocycles. The lowest BCUT2D eigenvalue weighted by Gasteiger charge is -2.27. The van der Waals surface area contributed by atoms with E-state index in [0.717, 1.165) is 30.9 Å². The van der Waals surface area contributed by atoms with Gasteiger partial charge in [-0.3, -0.25) is 14.5 Å². The molecule has 8 nitrogen and oxygen atoms in total. The van der Waals surface area contributed by atoms with E-state index < -0.39 is 0 Å². The Morgan fingerprint density at radius 2 is 2.00 bits per heavy atom. The summed E-state index contributed by atoms with van der Waals surface area (Å²) in [6.45, 7) is 5.43. The molecule has 2 amide bonds. The molecule has 5 atom stereocenters. The Hall–Kier alpha value is -1.58. The van der Waals surface area contributed by atoms with Crippen molar-refractivity contribution < 1.29 is 14.3 Å². The largest absolute Gasteiger partial charge is 0.374 e. The number of carbonyl (C=O) groups excluding carboxylic acids is 2. The third-order valence-corrected chi connectivity index (χ3v) is 7.54. The zero-order valence-corrected chi connectivity index (χ0v) is 16.3. The van der Waals surface area contributed by atoms with E-state index >= 15 is 0 Å². The number of fused-ring (bicyclic) bond motifs is 5. The summed E-state index contributed by atoms with van der Waals surface area (Å²) in [4.78, 5) is 29.6. The first-order valence-corrected chi connectivity index (χ1v) is 10.7. The number of hydrogen-bond donors (Lipinski definition) is 1. The van der Waals surface area contributed by atoms with E-state index in [4.69, 9.17) is 4.74 Å². The number of ether oxygens (including phenoxy) is 1. The Bertz CT molecular complexity index is 737. The quantitative estimate of drug-likeness (QED) is 0.792. The van der Waals surface area contributed by atoms with Crippen LogP contribution in [0.1, 0.15) is 31.2 Å². The summed E-state index contributed by atoms with van der Waals surface area (Å²) in [6, 6.07) is 0.733. The van der Waals surface area contributed by atoms with Gasteiger partial charge in [0.15, 0.2) is 0 Å². The van der Waals surface area contributed by atoms with Crippen molar-refractivity contribution in [3.05, 3.63) is 5.01 Å². The highest BCUT2D eigenvalue weighted by molar-refractivity contribution is 7.15. The van der Waals surface area contributed by atoms with Gasteiger partial charge in [0.05, 0.1) is 5.92 Å². The van der Waals surface area contributed by atoms with Crippen molar-refractivity contribution in [3.8, 4) is 0 Å². The van der Waals surface area contributed by atoms with E-state index in [1.54, 1.807) is 4.90 Å². The second kappa shape index (κ2) is 6.79. The first-order chi connectivity index (χ1) is 13.2. The van der Waals surface area contributed by atoms with Crippen molar-refractivity contribution in [2.45, 2.75) is 44.9 Å². The van der Waals surface area contributed by atoms with E-state index in [0.29, 0.717) is 48.8 Å². The van der Waals surface area contributed by atoms with Crippen LogP contribution in [0.25, 0.3) is 0 Å². The molecular weight excluding hydrogens is 366 g/mol. The Morgan fingerprint density at radius 3 is 2.70 bits per heavy atom. The molecule has 0 aromatic carbocycles. The van der Waals surface area contributed by atoms with Crippen molar-refractivity contribution in [1.82, 2.24) is 20.4 Å². The molecule has 4 aliphatic heterocycles. The molecule has 2 bridgehead atoms. The van der Waals surface area contributed by atoms with E-state index in [1.165, 1.54) is 11.3 Å². The molecule has 0 aliphatic carbocycles. The van der Waals surface area contributed by atoms with Crippen LogP contribution in [0.15, 0.2) is 0 Å². The number of aromatic nitrogens is 2. The number of amides is 2. The van der Waals surface area contributed by atoms with Crippen LogP contribution in [-0.4, -0.2) is 65.2 Å². The van der Waals surface area contributed by atoms with Gasteiger partial charge in [0.1, 0.15) is 11.6 Å². The average Bonchev–Trinajstić information content (AvgIpc) is 3.45. The standard InChI is InChI=1S/C18H25N5O3S/c1-2-26-9-15-20-21-18(27-15)22-8-10(5-16(22)24)17(25)23-13-3-4-14(23)12-7-19-6-11(12)13/h10-14,19H,2-9H2,1H3/t10?,11-,12+,13-,14+. The zero-order chi connectivity index (χ0) is 18.5. The molecule has 4 aliphatic rings. The maximum absolute atomic E-state index is 13.3. The molecule has 0 saturated carbocycles. The predicted octanol–water partition coefficient (Wildman–Crippen LogP) is 0.636. The molecule has 5 rings (SSSR count). The summed E-state index contributed by atoms with van der Waals surface area (Å²) in [5.74, 6) is 1.09. The molecule has 5 heterocycles. The summed E-state index contributed by atoms with van der Waals surface area (Å²) < 4.78 is 5.35. The van der Waals surface area contributed by atoms with Gasteiger partial charge in [-0.1, -0.05) is 11.3 Å². The molecule has 1 unspecified atom stereocenters. The lowest BCUT2D eigenvalue weighted by Crippen LogP contribution is -2.43. The lowest BCUT2D eigenvalue weighted by atomic mass is 9.82. The minimum atomic E-state index is -0.258. The van der Waals surface area contributed by atoms with Crippen molar-refractivity contribution in [2.75, 3.05) is 31.1 Å². The first kappa shape index (κ1) is 17.5. The van der Waals surface area contributed by atoms with Gasteiger partial charge in [-0.15, -0.1) is 10.2 Å². The molecule has 0 radical (unpaired) electrons. The van der Waals surface area contributed by atoms with Gasteiger partial charge in [0, 0.05) is 44.7 Å². The second-order valence-corrected chi connectivity index (χ2v) is 9.00. The molecular formula is C18H25N5O3S. The molecule has 0 spiro atoms.